The monoisotopic (exact) mass is 366 g/mol. The molecule has 3 rings (SSSR count). The molecule has 0 aliphatic rings. The number of benzene rings is 2. The highest BCUT2D eigenvalue weighted by Crippen LogP contribution is 2.20. The molecule has 0 aliphatic carbocycles. The number of aryl methyl sites for hydroxylation is 1. The summed E-state index contributed by atoms with van der Waals surface area (Å²) in [5.74, 6) is 0.694. The Hall–Kier alpha value is -3.35. The van der Waals surface area contributed by atoms with Crippen molar-refractivity contribution in [3.8, 4) is 5.75 Å². The van der Waals surface area contributed by atoms with Crippen LogP contribution >= 0.6 is 0 Å². The van der Waals surface area contributed by atoms with Gasteiger partial charge in [0.2, 0.25) is 11.9 Å². The van der Waals surface area contributed by atoms with Crippen LogP contribution in [0.5, 0.6) is 5.75 Å². The third-order valence-electron chi connectivity index (χ3n) is 4.28. The minimum atomic E-state index is -0.260. The van der Waals surface area contributed by atoms with Crippen LogP contribution in [0, 0.1) is 6.92 Å². The van der Waals surface area contributed by atoms with Crippen molar-refractivity contribution in [2.75, 3.05) is 12.5 Å². The molecule has 140 valence electrons. The first-order valence-corrected chi connectivity index (χ1v) is 8.71. The topological polar surface area (TPSA) is 85.2 Å². The van der Waals surface area contributed by atoms with Crippen LogP contribution in [-0.2, 0) is 17.8 Å². The highest BCUT2D eigenvalue weighted by atomic mass is 16.5. The maximum Gasteiger partial charge on any atom is 0.262 e. The summed E-state index contributed by atoms with van der Waals surface area (Å²) in [6, 6.07) is 12.8. The third-order valence-corrected chi connectivity index (χ3v) is 4.28. The van der Waals surface area contributed by atoms with Gasteiger partial charge in [0.05, 0.1) is 24.4 Å². The molecule has 1 aromatic heterocycles. The van der Waals surface area contributed by atoms with E-state index in [0.29, 0.717) is 29.1 Å². The predicted molar refractivity (Wildman–Crippen MR) is 105 cm³/mol. The van der Waals surface area contributed by atoms with Crippen LogP contribution in [0.15, 0.2) is 47.3 Å². The Balaban J connectivity index is 1.80. The van der Waals surface area contributed by atoms with Crippen LogP contribution in [0.3, 0.4) is 0 Å². The van der Waals surface area contributed by atoms with E-state index in [1.807, 2.05) is 38.1 Å². The number of methoxy groups -OCH3 is 1. The molecule has 0 bridgehead atoms. The van der Waals surface area contributed by atoms with Gasteiger partial charge >= 0.3 is 0 Å². The molecule has 0 radical (unpaired) electrons. The van der Waals surface area contributed by atoms with Gasteiger partial charge in [0.1, 0.15) is 5.75 Å². The number of ether oxygens (including phenoxy) is 1. The molecule has 1 amide bonds. The number of hydrogen-bond acceptors (Lipinski definition) is 5. The Labute approximate surface area is 157 Å². The summed E-state index contributed by atoms with van der Waals surface area (Å²) in [5, 5.41) is 0.542. The van der Waals surface area contributed by atoms with Gasteiger partial charge in [-0.1, -0.05) is 29.8 Å². The van der Waals surface area contributed by atoms with Crippen molar-refractivity contribution in [3.05, 3.63) is 63.9 Å². The van der Waals surface area contributed by atoms with E-state index in [1.165, 1.54) is 4.57 Å². The van der Waals surface area contributed by atoms with Crippen molar-refractivity contribution in [1.82, 2.24) is 15.0 Å². The standard InChI is InChI=1S/C20H22N4O3/c1-4-24-19(26)15-7-5-6-8-16(15)21-20(24)23-22-18(25)12-14-11-13(2)9-10-17(14)27-3/h5-11H,4,12H2,1-3H3,(H,21,23)(H,22,25). The number of amides is 1. The fourth-order valence-electron chi connectivity index (χ4n) is 2.95. The number of anilines is 1. The van der Waals surface area contributed by atoms with E-state index in [1.54, 1.807) is 25.3 Å². The Morgan fingerprint density at radius 3 is 2.74 bits per heavy atom. The predicted octanol–water partition coefficient (Wildman–Crippen LogP) is 2.42. The zero-order chi connectivity index (χ0) is 19.4. The van der Waals surface area contributed by atoms with E-state index < -0.39 is 0 Å². The van der Waals surface area contributed by atoms with Crippen LogP contribution in [0.1, 0.15) is 18.1 Å². The molecule has 7 nitrogen and oxygen atoms in total. The maximum atomic E-state index is 12.6. The molecule has 0 saturated carbocycles. The van der Waals surface area contributed by atoms with Crippen LogP contribution in [-0.4, -0.2) is 22.6 Å². The van der Waals surface area contributed by atoms with E-state index in [0.717, 1.165) is 11.1 Å². The third kappa shape index (κ3) is 3.92. The maximum absolute atomic E-state index is 12.6. The Morgan fingerprint density at radius 1 is 1.22 bits per heavy atom. The molecule has 0 atom stereocenters. The van der Waals surface area contributed by atoms with Crippen molar-refractivity contribution in [2.24, 2.45) is 0 Å². The van der Waals surface area contributed by atoms with Crippen LogP contribution in [0.4, 0.5) is 5.95 Å². The number of hydrazine groups is 1. The largest absolute Gasteiger partial charge is 0.496 e. The summed E-state index contributed by atoms with van der Waals surface area (Å²) in [6.07, 6.45) is 0.141. The van der Waals surface area contributed by atoms with Crippen molar-refractivity contribution in [3.63, 3.8) is 0 Å². The first-order valence-electron chi connectivity index (χ1n) is 8.71. The Morgan fingerprint density at radius 2 is 2.00 bits per heavy atom. The number of aromatic nitrogens is 2. The molecule has 0 saturated heterocycles. The van der Waals surface area contributed by atoms with Gasteiger partial charge in [-0.2, -0.15) is 0 Å². The smallest absolute Gasteiger partial charge is 0.262 e. The number of nitrogens with one attached hydrogen (secondary N) is 2. The Bertz CT molecular complexity index is 1040. The Kier molecular flexibility index (Phi) is 5.40. The SMILES string of the molecule is CCn1c(NNC(=O)Cc2cc(C)ccc2OC)nc2ccccc2c1=O. The number of fused-ring (bicyclic) bond motifs is 1. The molecule has 1 heterocycles. The minimum absolute atomic E-state index is 0.141. The van der Waals surface area contributed by atoms with Gasteiger partial charge in [-0.15, -0.1) is 0 Å². The fraction of sp³-hybridized carbons (Fsp3) is 0.250. The quantitative estimate of drug-likeness (QED) is 0.655. The van der Waals surface area contributed by atoms with Crippen LogP contribution < -0.4 is 21.1 Å². The molecular weight excluding hydrogens is 344 g/mol. The normalized spacial score (nSPS) is 10.6. The summed E-state index contributed by atoms with van der Waals surface area (Å²) < 4.78 is 6.79. The first kappa shape index (κ1) is 18.4. The molecule has 7 heteroatoms. The summed E-state index contributed by atoms with van der Waals surface area (Å²) in [7, 11) is 1.57. The lowest BCUT2D eigenvalue weighted by atomic mass is 10.1. The number of carbonyl (C=O) groups excluding carboxylic acids is 1. The summed E-state index contributed by atoms with van der Waals surface area (Å²) in [4.78, 5) is 29.4. The molecular formula is C20H22N4O3. The van der Waals surface area contributed by atoms with Gasteiger partial charge in [0, 0.05) is 12.1 Å². The van der Waals surface area contributed by atoms with Gasteiger partial charge in [-0.05, 0) is 32.0 Å². The molecule has 0 aliphatic heterocycles. The number of hydrogen-bond donors (Lipinski definition) is 2. The van der Waals surface area contributed by atoms with Gasteiger partial charge in [-0.3, -0.25) is 25.0 Å². The molecule has 2 N–H and O–H groups in total. The van der Waals surface area contributed by atoms with Gasteiger partial charge < -0.3 is 4.74 Å². The summed E-state index contributed by atoms with van der Waals surface area (Å²) in [6.45, 7) is 4.24. The van der Waals surface area contributed by atoms with Gasteiger partial charge in [-0.25, -0.2) is 4.98 Å². The zero-order valence-corrected chi connectivity index (χ0v) is 15.6. The second-order valence-electron chi connectivity index (χ2n) is 6.17. The minimum Gasteiger partial charge on any atom is -0.496 e. The molecule has 3 aromatic rings. The molecule has 0 spiro atoms. The van der Waals surface area contributed by atoms with Crippen molar-refractivity contribution >= 4 is 22.8 Å². The van der Waals surface area contributed by atoms with Crippen LogP contribution in [0.2, 0.25) is 0 Å². The molecule has 2 aromatic carbocycles. The highest BCUT2D eigenvalue weighted by Gasteiger charge is 2.12. The second-order valence-corrected chi connectivity index (χ2v) is 6.17. The molecule has 0 unspecified atom stereocenters. The van der Waals surface area contributed by atoms with E-state index in [4.69, 9.17) is 4.74 Å². The van der Waals surface area contributed by atoms with E-state index in [9.17, 15) is 9.59 Å². The fourth-order valence-corrected chi connectivity index (χ4v) is 2.95. The van der Waals surface area contributed by atoms with Gasteiger partial charge in [0.25, 0.3) is 5.56 Å². The zero-order valence-electron chi connectivity index (χ0n) is 15.6. The molecule has 27 heavy (non-hydrogen) atoms. The van der Waals surface area contributed by atoms with Crippen molar-refractivity contribution in [1.29, 1.82) is 0 Å². The highest BCUT2D eigenvalue weighted by molar-refractivity contribution is 5.81. The lowest BCUT2D eigenvalue weighted by Crippen LogP contribution is -2.35. The lowest BCUT2D eigenvalue weighted by Gasteiger charge is -2.14. The van der Waals surface area contributed by atoms with Gasteiger partial charge in [0.15, 0.2) is 0 Å². The lowest BCUT2D eigenvalue weighted by molar-refractivity contribution is -0.120. The van der Waals surface area contributed by atoms with E-state index >= 15 is 0 Å². The number of nitrogens with zero attached hydrogens (tertiary/aromatic N) is 2. The summed E-state index contributed by atoms with van der Waals surface area (Å²) in [5.41, 5.74) is 7.65. The number of rotatable bonds is 6. The van der Waals surface area contributed by atoms with Crippen molar-refractivity contribution in [2.45, 2.75) is 26.8 Å². The first-order chi connectivity index (χ1) is 13.0. The second kappa shape index (κ2) is 7.90. The van der Waals surface area contributed by atoms with E-state index in [2.05, 4.69) is 15.8 Å². The van der Waals surface area contributed by atoms with Crippen LogP contribution in [0.25, 0.3) is 10.9 Å². The average molecular weight is 366 g/mol. The number of para-hydroxylation sites is 1. The summed E-state index contributed by atoms with van der Waals surface area (Å²) >= 11 is 0. The molecule has 0 fully saturated rings. The van der Waals surface area contributed by atoms with Crippen molar-refractivity contribution < 1.29 is 9.53 Å². The van der Waals surface area contributed by atoms with E-state index in [-0.39, 0.29) is 17.9 Å². The number of carbonyl (C=O) groups is 1. The average Bonchev–Trinajstić information content (AvgIpc) is 2.67.